The second-order valence-corrected chi connectivity index (χ2v) is 5.69. The Hall–Kier alpha value is -3.14. The summed E-state index contributed by atoms with van der Waals surface area (Å²) in [6.45, 7) is 4.26. The highest BCUT2D eigenvalue weighted by Crippen LogP contribution is 2.34. The van der Waals surface area contributed by atoms with Crippen LogP contribution in [0.25, 0.3) is 5.69 Å². The second-order valence-electron chi connectivity index (χ2n) is 5.69. The molecule has 0 aliphatic carbocycles. The first-order valence-electron chi connectivity index (χ1n) is 8.21. The molecular weight excluding hydrogens is 379 g/mol. The topological polar surface area (TPSA) is 93.5 Å². The van der Waals surface area contributed by atoms with Gasteiger partial charge in [-0.2, -0.15) is 18.3 Å². The number of hydrogen-bond donors (Lipinski definition) is 2. The summed E-state index contributed by atoms with van der Waals surface area (Å²) in [4.78, 5) is 23.0. The molecule has 0 spiro atoms. The summed E-state index contributed by atoms with van der Waals surface area (Å²) >= 11 is 0. The number of alkyl halides is 3. The molecule has 0 fully saturated rings. The number of nitrogens with zero attached hydrogens (tertiary/aromatic N) is 2. The van der Waals surface area contributed by atoms with Gasteiger partial charge in [-0.15, -0.1) is 6.58 Å². The third-order valence-electron chi connectivity index (χ3n) is 3.57. The van der Waals surface area contributed by atoms with E-state index in [1.165, 1.54) is 24.3 Å². The van der Waals surface area contributed by atoms with Gasteiger partial charge in [0, 0.05) is 18.7 Å². The van der Waals surface area contributed by atoms with Crippen molar-refractivity contribution in [1.82, 2.24) is 9.78 Å². The van der Waals surface area contributed by atoms with Crippen LogP contribution in [0.15, 0.2) is 43.1 Å². The van der Waals surface area contributed by atoms with Crippen LogP contribution in [0.4, 0.5) is 18.9 Å². The first kappa shape index (κ1) is 21.2. The lowest BCUT2D eigenvalue weighted by Gasteiger charge is -2.13. The van der Waals surface area contributed by atoms with Gasteiger partial charge in [0.25, 0.3) is 0 Å². The highest BCUT2D eigenvalue weighted by molar-refractivity contribution is 5.91. The number of halogens is 3. The number of amides is 1. The number of aromatic nitrogens is 2. The number of aromatic carboxylic acids is 1. The third kappa shape index (κ3) is 5.43. The van der Waals surface area contributed by atoms with Gasteiger partial charge >= 0.3 is 12.1 Å². The Balaban J connectivity index is 2.17. The van der Waals surface area contributed by atoms with E-state index in [0.717, 1.165) is 0 Å². The first-order valence-corrected chi connectivity index (χ1v) is 8.21. The van der Waals surface area contributed by atoms with Crippen LogP contribution in [-0.4, -0.2) is 40.0 Å². The van der Waals surface area contributed by atoms with Crippen molar-refractivity contribution >= 4 is 17.6 Å². The van der Waals surface area contributed by atoms with E-state index < -0.39 is 23.4 Å². The fourth-order valence-electron chi connectivity index (χ4n) is 2.41. The Morgan fingerprint density at radius 2 is 2.11 bits per heavy atom. The molecule has 0 atom stereocenters. The minimum Gasteiger partial charge on any atom is -0.478 e. The molecule has 2 N–H and O–H groups in total. The number of carboxylic acids is 1. The number of rotatable bonds is 9. The Bertz CT molecular complexity index is 862. The summed E-state index contributed by atoms with van der Waals surface area (Å²) in [6.07, 6.45) is -2.06. The minimum absolute atomic E-state index is 0.0352. The van der Waals surface area contributed by atoms with E-state index in [1.807, 2.05) is 0 Å². The molecule has 0 bridgehead atoms. The van der Waals surface area contributed by atoms with Gasteiger partial charge in [0.05, 0.1) is 18.5 Å². The van der Waals surface area contributed by atoms with Crippen molar-refractivity contribution in [3.63, 3.8) is 0 Å². The molecule has 1 heterocycles. The normalized spacial score (nSPS) is 11.2. The maximum absolute atomic E-state index is 13.3. The summed E-state index contributed by atoms with van der Waals surface area (Å²) in [5, 5.41) is 15.1. The summed E-state index contributed by atoms with van der Waals surface area (Å²) < 4.78 is 45.6. The zero-order valence-corrected chi connectivity index (χ0v) is 14.7. The molecule has 0 unspecified atom stereocenters. The monoisotopic (exact) mass is 397 g/mol. The van der Waals surface area contributed by atoms with Crippen LogP contribution in [0, 0.1) is 0 Å². The Morgan fingerprint density at radius 3 is 2.75 bits per heavy atom. The highest BCUT2D eigenvalue weighted by atomic mass is 19.4. The van der Waals surface area contributed by atoms with Gasteiger partial charge in [-0.1, -0.05) is 12.1 Å². The maximum atomic E-state index is 13.3. The maximum Gasteiger partial charge on any atom is 0.434 e. The largest absolute Gasteiger partial charge is 0.478 e. The van der Waals surface area contributed by atoms with E-state index in [0.29, 0.717) is 30.5 Å². The molecule has 2 rings (SSSR count). The Kier molecular flexibility index (Phi) is 6.94. The van der Waals surface area contributed by atoms with Crippen molar-refractivity contribution in [1.29, 1.82) is 0 Å². The molecule has 2 aromatic rings. The predicted octanol–water partition coefficient (Wildman–Crippen LogP) is 3.51. The van der Waals surface area contributed by atoms with Crippen LogP contribution >= 0.6 is 0 Å². The Morgan fingerprint density at radius 1 is 1.36 bits per heavy atom. The number of hydrogen-bond acceptors (Lipinski definition) is 4. The van der Waals surface area contributed by atoms with Crippen LogP contribution in [0.2, 0.25) is 0 Å². The zero-order chi connectivity index (χ0) is 20.7. The second kappa shape index (κ2) is 9.18. The number of benzene rings is 1. The quantitative estimate of drug-likeness (QED) is 0.499. The lowest BCUT2D eigenvalue weighted by Crippen LogP contribution is -2.17. The SMILES string of the molecule is C=CCOCCCC(=O)Nc1cccc(-n2ncc(C(=O)O)c2C(F)(F)F)c1. The van der Waals surface area contributed by atoms with Gasteiger partial charge in [-0.3, -0.25) is 4.79 Å². The lowest BCUT2D eigenvalue weighted by molar-refractivity contribution is -0.143. The molecule has 0 aliphatic rings. The molecule has 1 aromatic carbocycles. The summed E-state index contributed by atoms with van der Waals surface area (Å²) in [5.74, 6) is -2.07. The van der Waals surface area contributed by atoms with Crippen molar-refractivity contribution in [2.24, 2.45) is 0 Å². The van der Waals surface area contributed by atoms with Gasteiger partial charge < -0.3 is 15.2 Å². The number of anilines is 1. The molecule has 0 aliphatic heterocycles. The van der Waals surface area contributed by atoms with Crippen molar-refractivity contribution in [3.8, 4) is 5.69 Å². The van der Waals surface area contributed by atoms with Crippen LogP contribution < -0.4 is 5.32 Å². The third-order valence-corrected chi connectivity index (χ3v) is 3.57. The fourth-order valence-corrected chi connectivity index (χ4v) is 2.41. The van der Waals surface area contributed by atoms with E-state index in [4.69, 9.17) is 9.84 Å². The van der Waals surface area contributed by atoms with E-state index in [2.05, 4.69) is 17.0 Å². The average Bonchev–Trinajstić information content (AvgIpc) is 3.08. The molecular formula is C18H18F3N3O4. The highest BCUT2D eigenvalue weighted by Gasteiger charge is 2.40. The van der Waals surface area contributed by atoms with Crippen LogP contribution in [0.1, 0.15) is 28.9 Å². The number of carboxylic acid groups (broad SMARTS) is 1. The Labute approximate surface area is 158 Å². The molecule has 28 heavy (non-hydrogen) atoms. The number of carbonyl (C=O) groups is 2. The zero-order valence-electron chi connectivity index (χ0n) is 14.7. The molecule has 1 aromatic heterocycles. The van der Waals surface area contributed by atoms with E-state index in [-0.39, 0.29) is 23.7 Å². The molecule has 0 saturated carbocycles. The van der Waals surface area contributed by atoms with E-state index in [9.17, 15) is 22.8 Å². The van der Waals surface area contributed by atoms with Crippen LogP contribution in [-0.2, 0) is 15.7 Å². The summed E-state index contributed by atoms with van der Waals surface area (Å²) in [6, 6.07) is 5.54. The number of ether oxygens (including phenoxy) is 1. The van der Waals surface area contributed by atoms with Crippen molar-refractivity contribution < 1.29 is 32.6 Å². The van der Waals surface area contributed by atoms with Crippen LogP contribution in [0.3, 0.4) is 0 Å². The molecule has 7 nitrogen and oxygen atoms in total. The number of carbonyl (C=O) groups excluding carboxylic acids is 1. The first-order chi connectivity index (χ1) is 13.2. The smallest absolute Gasteiger partial charge is 0.434 e. The molecule has 10 heteroatoms. The molecule has 0 radical (unpaired) electrons. The summed E-state index contributed by atoms with van der Waals surface area (Å²) in [5.41, 5.74) is -2.13. The van der Waals surface area contributed by atoms with Gasteiger partial charge in [-0.05, 0) is 24.6 Å². The minimum atomic E-state index is -4.92. The number of nitrogens with one attached hydrogen (secondary N) is 1. The van der Waals surface area contributed by atoms with Crippen molar-refractivity contribution in [2.45, 2.75) is 19.0 Å². The fraction of sp³-hybridized carbons (Fsp3) is 0.278. The van der Waals surface area contributed by atoms with E-state index in [1.54, 1.807) is 6.08 Å². The van der Waals surface area contributed by atoms with Gasteiger partial charge in [0.15, 0.2) is 5.69 Å². The van der Waals surface area contributed by atoms with E-state index >= 15 is 0 Å². The molecule has 150 valence electrons. The van der Waals surface area contributed by atoms with Crippen molar-refractivity contribution in [3.05, 3.63) is 54.4 Å². The van der Waals surface area contributed by atoms with Crippen molar-refractivity contribution in [2.75, 3.05) is 18.5 Å². The predicted molar refractivity (Wildman–Crippen MR) is 94.4 cm³/mol. The standard InChI is InChI=1S/C18H18F3N3O4/c1-2-8-28-9-4-7-15(25)23-12-5-3-6-13(10-12)24-16(18(19,20)21)14(11-22-24)17(26)27/h2-3,5-6,10-11H,1,4,7-9H2,(H,23,25)(H,26,27). The van der Waals surface area contributed by atoms with Crippen LogP contribution in [0.5, 0.6) is 0 Å². The average molecular weight is 397 g/mol. The summed E-state index contributed by atoms with van der Waals surface area (Å²) in [7, 11) is 0. The van der Waals surface area contributed by atoms with Gasteiger partial charge in [-0.25, -0.2) is 9.48 Å². The molecule has 0 saturated heterocycles. The lowest BCUT2D eigenvalue weighted by atomic mass is 10.2. The van der Waals surface area contributed by atoms with Gasteiger partial charge in [0.1, 0.15) is 5.56 Å². The molecule has 1 amide bonds. The van der Waals surface area contributed by atoms with Gasteiger partial charge in [0.2, 0.25) is 5.91 Å².